The number of hydrogen-bond acceptors (Lipinski definition) is 1. The van der Waals surface area contributed by atoms with E-state index in [0.29, 0.717) is 12.0 Å². The molecule has 0 spiro atoms. The first kappa shape index (κ1) is 15.5. The molecule has 2 heteroatoms. The summed E-state index contributed by atoms with van der Waals surface area (Å²) in [4.78, 5) is 0. The smallest absolute Gasteiger partial charge is 0.0440 e. The highest BCUT2D eigenvalue weighted by Gasteiger charge is 2.11. The second-order valence-electron chi connectivity index (χ2n) is 5.40. The van der Waals surface area contributed by atoms with Gasteiger partial charge in [-0.3, -0.25) is 0 Å². The second kappa shape index (κ2) is 7.81. The lowest BCUT2D eigenvalue weighted by molar-refractivity contribution is 0.377. The zero-order valence-corrected chi connectivity index (χ0v) is 12.8. The predicted octanol–water partition coefficient (Wildman–Crippen LogP) is 4.61. The maximum atomic E-state index is 6.25. The molecule has 1 unspecified atom stereocenters. The van der Waals surface area contributed by atoms with E-state index in [4.69, 9.17) is 11.6 Å². The lowest BCUT2D eigenvalue weighted by Gasteiger charge is -2.21. The maximum absolute atomic E-state index is 6.25. The van der Waals surface area contributed by atoms with Gasteiger partial charge in [-0.25, -0.2) is 0 Å². The van der Waals surface area contributed by atoms with Crippen LogP contribution in [0.1, 0.15) is 44.7 Å². The van der Waals surface area contributed by atoms with Crippen LogP contribution in [-0.2, 0) is 6.42 Å². The van der Waals surface area contributed by atoms with Gasteiger partial charge in [-0.05, 0) is 55.8 Å². The quantitative estimate of drug-likeness (QED) is 0.761. The van der Waals surface area contributed by atoms with Crippen molar-refractivity contribution in [3.05, 3.63) is 34.3 Å². The molecule has 0 aliphatic rings. The van der Waals surface area contributed by atoms with Crippen LogP contribution in [0.4, 0.5) is 0 Å². The van der Waals surface area contributed by atoms with Gasteiger partial charge in [-0.15, -0.1) is 0 Å². The maximum Gasteiger partial charge on any atom is 0.0440 e. The molecular formula is C16H26ClN. The Bertz CT molecular complexity index is 360. The van der Waals surface area contributed by atoms with Crippen LogP contribution in [0, 0.1) is 12.8 Å². The summed E-state index contributed by atoms with van der Waals surface area (Å²) in [5.74, 6) is 0.693. The van der Waals surface area contributed by atoms with Crippen LogP contribution < -0.4 is 5.32 Å². The average Bonchev–Trinajstić information content (AvgIpc) is 2.30. The fourth-order valence-electron chi connectivity index (χ4n) is 2.30. The van der Waals surface area contributed by atoms with Crippen molar-refractivity contribution >= 4 is 11.6 Å². The second-order valence-corrected chi connectivity index (χ2v) is 5.80. The molecule has 1 aromatic rings. The van der Waals surface area contributed by atoms with Gasteiger partial charge in [0.05, 0.1) is 0 Å². The highest BCUT2D eigenvalue weighted by Crippen LogP contribution is 2.20. The fourth-order valence-corrected chi connectivity index (χ4v) is 2.63. The van der Waals surface area contributed by atoms with Crippen molar-refractivity contribution in [1.82, 2.24) is 5.32 Å². The Kier molecular flexibility index (Phi) is 6.73. The molecule has 1 nitrogen and oxygen atoms in total. The van der Waals surface area contributed by atoms with Crippen LogP contribution in [0.25, 0.3) is 0 Å². The van der Waals surface area contributed by atoms with Crippen LogP contribution in [0.5, 0.6) is 0 Å². The molecule has 0 bridgehead atoms. The Labute approximate surface area is 117 Å². The molecule has 0 amide bonds. The Morgan fingerprint density at radius 1 is 1.28 bits per heavy atom. The van der Waals surface area contributed by atoms with E-state index in [1.165, 1.54) is 24.0 Å². The molecule has 1 aromatic carbocycles. The summed E-state index contributed by atoms with van der Waals surface area (Å²) in [6.07, 6.45) is 3.49. The summed E-state index contributed by atoms with van der Waals surface area (Å²) < 4.78 is 0. The summed E-state index contributed by atoms with van der Waals surface area (Å²) in [7, 11) is 0. The van der Waals surface area contributed by atoms with Crippen LogP contribution in [0.2, 0.25) is 5.02 Å². The molecule has 18 heavy (non-hydrogen) atoms. The van der Waals surface area contributed by atoms with Crippen molar-refractivity contribution in [1.29, 1.82) is 0 Å². The molecule has 0 aromatic heterocycles. The van der Waals surface area contributed by atoms with Crippen LogP contribution >= 0.6 is 11.6 Å². The van der Waals surface area contributed by atoms with E-state index in [2.05, 4.69) is 51.2 Å². The number of halogens is 1. The van der Waals surface area contributed by atoms with Gasteiger partial charge in [0.1, 0.15) is 0 Å². The molecule has 0 heterocycles. The van der Waals surface area contributed by atoms with Gasteiger partial charge in [-0.1, -0.05) is 44.5 Å². The number of benzene rings is 1. The first-order valence-corrected chi connectivity index (χ1v) is 7.40. The standard InChI is InChI=1S/C16H26ClN/c1-5-18-16(12(2)3)8-6-7-14-10-9-13(4)11-15(14)17/h9-12,16,18H,5-8H2,1-4H3. The van der Waals surface area contributed by atoms with Crippen LogP contribution in [-0.4, -0.2) is 12.6 Å². The van der Waals surface area contributed by atoms with E-state index < -0.39 is 0 Å². The van der Waals surface area contributed by atoms with Crippen LogP contribution in [0.15, 0.2) is 18.2 Å². The fraction of sp³-hybridized carbons (Fsp3) is 0.625. The molecule has 1 N–H and O–H groups in total. The Hall–Kier alpha value is -0.530. The van der Waals surface area contributed by atoms with E-state index >= 15 is 0 Å². The van der Waals surface area contributed by atoms with Crippen molar-refractivity contribution in [3.8, 4) is 0 Å². The van der Waals surface area contributed by atoms with Gasteiger partial charge in [0, 0.05) is 11.1 Å². The van der Waals surface area contributed by atoms with Gasteiger partial charge in [0.15, 0.2) is 0 Å². The number of aryl methyl sites for hydroxylation is 2. The molecular weight excluding hydrogens is 242 g/mol. The summed E-state index contributed by atoms with van der Waals surface area (Å²) in [5.41, 5.74) is 2.51. The molecule has 0 saturated heterocycles. The lowest BCUT2D eigenvalue weighted by Crippen LogP contribution is -2.33. The van der Waals surface area contributed by atoms with E-state index in [-0.39, 0.29) is 0 Å². The highest BCUT2D eigenvalue weighted by atomic mass is 35.5. The topological polar surface area (TPSA) is 12.0 Å². The van der Waals surface area contributed by atoms with Crippen molar-refractivity contribution in [3.63, 3.8) is 0 Å². The van der Waals surface area contributed by atoms with Crippen LogP contribution in [0.3, 0.4) is 0 Å². The first-order valence-electron chi connectivity index (χ1n) is 7.03. The third-order valence-electron chi connectivity index (χ3n) is 3.44. The zero-order valence-electron chi connectivity index (χ0n) is 12.1. The minimum absolute atomic E-state index is 0.624. The van der Waals surface area contributed by atoms with Crippen molar-refractivity contribution in [2.45, 2.75) is 53.0 Å². The summed E-state index contributed by atoms with van der Waals surface area (Å²) in [6.45, 7) is 9.87. The number of hydrogen-bond donors (Lipinski definition) is 1. The summed E-state index contributed by atoms with van der Waals surface area (Å²) >= 11 is 6.25. The lowest BCUT2D eigenvalue weighted by atomic mass is 9.96. The molecule has 1 rings (SSSR count). The number of nitrogens with one attached hydrogen (secondary N) is 1. The van der Waals surface area contributed by atoms with Gasteiger partial charge < -0.3 is 5.32 Å². The first-order chi connectivity index (χ1) is 8.54. The Morgan fingerprint density at radius 3 is 2.56 bits per heavy atom. The minimum Gasteiger partial charge on any atom is -0.314 e. The SMILES string of the molecule is CCNC(CCCc1ccc(C)cc1Cl)C(C)C. The molecule has 0 fully saturated rings. The molecule has 1 atom stereocenters. The molecule has 0 radical (unpaired) electrons. The van der Waals surface area contributed by atoms with E-state index in [1.54, 1.807) is 0 Å². The summed E-state index contributed by atoms with van der Waals surface area (Å²) in [5, 5.41) is 4.48. The highest BCUT2D eigenvalue weighted by molar-refractivity contribution is 6.31. The van der Waals surface area contributed by atoms with Crippen molar-refractivity contribution in [2.75, 3.05) is 6.54 Å². The van der Waals surface area contributed by atoms with Gasteiger partial charge in [-0.2, -0.15) is 0 Å². The third-order valence-corrected chi connectivity index (χ3v) is 3.79. The number of rotatable bonds is 7. The van der Waals surface area contributed by atoms with Gasteiger partial charge >= 0.3 is 0 Å². The van der Waals surface area contributed by atoms with Crippen molar-refractivity contribution < 1.29 is 0 Å². The van der Waals surface area contributed by atoms with E-state index in [9.17, 15) is 0 Å². The molecule has 0 saturated carbocycles. The largest absolute Gasteiger partial charge is 0.314 e. The predicted molar refractivity (Wildman–Crippen MR) is 81.4 cm³/mol. The minimum atomic E-state index is 0.624. The molecule has 102 valence electrons. The van der Waals surface area contributed by atoms with Crippen molar-refractivity contribution in [2.24, 2.45) is 5.92 Å². The Morgan fingerprint density at radius 2 is 2.00 bits per heavy atom. The molecule has 0 aliphatic heterocycles. The van der Waals surface area contributed by atoms with Gasteiger partial charge in [0.2, 0.25) is 0 Å². The summed E-state index contributed by atoms with van der Waals surface area (Å²) in [6, 6.07) is 6.99. The average molecular weight is 268 g/mol. The van der Waals surface area contributed by atoms with E-state index in [1.807, 2.05) is 0 Å². The monoisotopic (exact) mass is 267 g/mol. The zero-order chi connectivity index (χ0) is 13.5. The van der Waals surface area contributed by atoms with E-state index in [0.717, 1.165) is 18.0 Å². The molecule has 0 aliphatic carbocycles. The third kappa shape index (κ3) is 4.99. The normalized spacial score (nSPS) is 13.0. The van der Waals surface area contributed by atoms with Gasteiger partial charge in [0.25, 0.3) is 0 Å². The Balaban J connectivity index is 2.45.